The summed E-state index contributed by atoms with van der Waals surface area (Å²) in [5, 5.41) is 5.15. The van der Waals surface area contributed by atoms with Gasteiger partial charge in [0.05, 0.1) is 12.1 Å². The number of nitrogens with zero attached hydrogens (tertiary/aromatic N) is 4. The molecule has 0 aliphatic carbocycles. The Balaban J connectivity index is 1.84. The molecule has 0 fully saturated rings. The van der Waals surface area contributed by atoms with Crippen LogP contribution in [-0.2, 0) is 4.79 Å². The highest BCUT2D eigenvalue weighted by Crippen LogP contribution is 2.43. The molecule has 5 nitrogen and oxygen atoms in total. The molecule has 4 rings (SSSR count). The molecule has 1 aliphatic rings. The third-order valence-corrected chi connectivity index (χ3v) is 5.47. The number of amides is 1. The fourth-order valence-electron chi connectivity index (χ4n) is 3.89. The number of halogens is 1. The molecule has 2 aromatic carbocycles. The number of hydrogen-bond donors (Lipinski definition) is 0. The van der Waals surface area contributed by atoms with Crippen molar-refractivity contribution in [2.24, 2.45) is 5.92 Å². The third-order valence-electron chi connectivity index (χ3n) is 5.12. The minimum Gasteiger partial charge on any atom is -0.274 e. The van der Waals surface area contributed by atoms with E-state index in [2.05, 4.69) is 36.1 Å². The minimum absolute atomic E-state index is 0.0655. The van der Waals surface area contributed by atoms with Gasteiger partial charge in [-0.3, -0.25) is 9.69 Å². The molecule has 0 bridgehead atoms. The second-order valence-electron chi connectivity index (χ2n) is 7.57. The number of carbonyl (C=O) groups excluding carboxylic acids is 1. The third kappa shape index (κ3) is 3.42. The molecule has 0 spiro atoms. The first-order valence-corrected chi connectivity index (χ1v) is 9.95. The van der Waals surface area contributed by atoms with Crippen LogP contribution in [0.4, 0.5) is 5.95 Å². The second kappa shape index (κ2) is 7.76. The van der Waals surface area contributed by atoms with Crippen LogP contribution in [0.15, 0.2) is 60.9 Å². The van der Waals surface area contributed by atoms with Crippen LogP contribution in [0.1, 0.15) is 49.9 Å². The number of carbonyl (C=O) groups is 1. The van der Waals surface area contributed by atoms with Crippen molar-refractivity contribution in [1.82, 2.24) is 14.8 Å². The van der Waals surface area contributed by atoms with E-state index in [0.717, 1.165) is 11.1 Å². The standard InChI is InChI=1S/C22H23ClN4O/c1-15(2)12-21(28)26-19(16-8-4-3-5-9-16)13-20(27-22(26)24-14-25-27)17-10-6-7-11-18(17)23/h3-11,14-15,19-20H,12-13H2,1-2H3. The molecule has 2 heterocycles. The summed E-state index contributed by atoms with van der Waals surface area (Å²) in [5.74, 6) is 0.910. The highest BCUT2D eigenvalue weighted by molar-refractivity contribution is 6.31. The average Bonchev–Trinajstić information content (AvgIpc) is 3.17. The molecular formula is C22H23ClN4O. The quantitative estimate of drug-likeness (QED) is 0.622. The van der Waals surface area contributed by atoms with Gasteiger partial charge in [0.25, 0.3) is 0 Å². The van der Waals surface area contributed by atoms with Crippen LogP contribution >= 0.6 is 11.6 Å². The summed E-state index contributed by atoms with van der Waals surface area (Å²) < 4.78 is 1.83. The molecule has 28 heavy (non-hydrogen) atoms. The van der Waals surface area contributed by atoms with Crippen LogP contribution in [0.25, 0.3) is 0 Å². The van der Waals surface area contributed by atoms with E-state index in [9.17, 15) is 4.79 Å². The average molecular weight is 395 g/mol. The SMILES string of the molecule is CC(C)CC(=O)N1c2ncnn2C(c2ccccc2Cl)CC1c1ccccc1. The molecule has 1 aliphatic heterocycles. The molecule has 0 saturated carbocycles. The van der Waals surface area contributed by atoms with Gasteiger partial charge in [-0.2, -0.15) is 10.1 Å². The predicted molar refractivity (Wildman–Crippen MR) is 110 cm³/mol. The van der Waals surface area contributed by atoms with E-state index in [0.29, 0.717) is 23.8 Å². The number of anilines is 1. The Bertz CT molecular complexity index is 969. The summed E-state index contributed by atoms with van der Waals surface area (Å²) in [6.07, 6.45) is 2.67. The minimum atomic E-state index is -0.120. The van der Waals surface area contributed by atoms with Crippen molar-refractivity contribution in [3.8, 4) is 0 Å². The zero-order chi connectivity index (χ0) is 19.7. The Morgan fingerprint density at radius 2 is 1.82 bits per heavy atom. The molecule has 144 valence electrons. The Hall–Kier alpha value is -2.66. The largest absolute Gasteiger partial charge is 0.274 e. The lowest BCUT2D eigenvalue weighted by Gasteiger charge is -2.39. The molecule has 3 aromatic rings. The summed E-state index contributed by atoms with van der Waals surface area (Å²) in [6, 6.07) is 17.7. The van der Waals surface area contributed by atoms with E-state index in [1.165, 1.54) is 6.33 Å². The fourth-order valence-corrected chi connectivity index (χ4v) is 4.15. The number of rotatable bonds is 4. The van der Waals surface area contributed by atoms with E-state index in [1.54, 1.807) is 0 Å². The maximum absolute atomic E-state index is 13.2. The van der Waals surface area contributed by atoms with E-state index in [-0.39, 0.29) is 23.9 Å². The van der Waals surface area contributed by atoms with Crippen molar-refractivity contribution < 1.29 is 4.79 Å². The summed E-state index contributed by atoms with van der Waals surface area (Å²) in [7, 11) is 0. The molecule has 1 aromatic heterocycles. The summed E-state index contributed by atoms with van der Waals surface area (Å²) in [4.78, 5) is 19.5. The fraction of sp³-hybridized carbons (Fsp3) is 0.318. The van der Waals surface area contributed by atoms with E-state index in [4.69, 9.17) is 11.6 Å². The van der Waals surface area contributed by atoms with Crippen molar-refractivity contribution in [2.75, 3.05) is 4.90 Å². The predicted octanol–water partition coefficient (Wildman–Crippen LogP) is 5.05. The number of benzene rings is 2. The molecule has 0 N–H and O–H groups in total. The maximum Gasteiger partial charge on any atom is 0.231 e. The van der Waals surface area contributed by atoms with Crippen molar-refractivity contribution in [1.29, 1.82) is 0 Å². The van der Waals surface area contributed by atoms with Crippen LogP contribution in [0.5, 0.6) is 0 Å². The lowest BCUT2D eigenvalue weighted by Crippen LogP contribution is -2.43. The summed E-state index contributed by atoms with van der Waals surface area (Å²) in [6.45, 7) is 4.10. The Morgan fingerprint density at radius 3 is 2.54 bits per heavy atom. The first-order chi connectivity index (χ1) is 13.6. The van der Waals surface area contributed by atoms with Crippen molar-refractivity contribution in [3.05, 3.63) is 77.1 Å². The Labute approximate surface area is 170 Å². The van der Waals surface area contributed by atoms with Gasteiger partial charge in [0.15, 0.2) is 0 Å². The molecular weight excluding hydrogens is 372 g/mol. The smallest absolute Gasteiger partial charge is 0.231 e. The summed E-state index contributed by atoms with van der Waals surface area (Å²) >= 11 is 6.51. The van der Waals surface area contributed by atoms with E-state index in [1.807, 2.05) is 52.0 Å². The lowest BCUT2D eigenvalue weighted by molar-refractivity contribution is -0.120. The van der Waals surface area contributed by atoms with Crippen molar-refractivity contribution in [3.63, 3.8) is 0 Å². The normalized spacial score (nSPS) is 18.9. The lowest BCUT2D eigenvalue weighted by atomic mass is 9.91. The van der Waals surface area contributed by atoms with Gasteiger partial charge in [0, 0.05) is 11.4 Å². The van der Waals surface area contributed by atoms with Gasteiger partial charge in [0.1, 0.15) is 6.33 Å². The van der Waals surface area contributed by atoms with Gasteiger partial charge in [-0.25, -0.2) is 4.68 Å². The molecule has 6 heteroatoms. The number of hydrogen-bond acceptors (Lipinski definition) is 3. The van der Waals surface area contributed by atoms with Gasteiger partial charge in [-0.15, -0.1) is 0 Å². The topological polar surface area (TPSA) is 51.0 Å². The summed E-state index contributed by atoms with van der Waals surface area (Å²) in [5.41, 5.74) is 2.08. The molecule has 0 saturated heterocycles. The highest BCUT2D eigenvalue weighted by atomic mass is 35.5. The van der Waals surface area contributed by atoms with Crippen LogP contribution in [0.2, 0.25) is 5.02 Å². The van der Waals surface area contributed by atoms with Gasteiger partial charge in [-0.1, -0.05) is 74.0 Å². The van der Waals surface area contributed by atoms with Crippen LogP contribution < -0.4 is 4.90 Å². The van der Waals surface area contributed by atoms with Crippen LogP contribution in [-0.4, -0.2) is 20.7 Å². The van der Waals surface area contributed by atoms with Crippen molar-refractivity contribution >= 4 is 23.5 Å². The zero-order valence-corrected chi connectivity index (χ0v) is 16.8. The van der Waals surface area contributed by atoms with Crippen LogP contribution in [0.3, 0.4) is 0 Å². The van der Waals surface area contributed by atoms with Crippen molar-refractivity contribution in [2.45, 2.75) is 38.8 Å². The molecule has 2 atom stereocenters. The van der Waals surface area contributed by atoms with Crippen LogP contribution in [0, 0.1) is 5.92 Å². The first-order valence-electron chi connectivity index (χ1n) is 9.57. The van der Waals surface area contributed by atoms with E-state index < -0.39 is 0 Å². The monoisotopic (exact) mass is 394 g/mol. The first kappa shape index (κ1) is 18.7. The molecule has 0 radical (unpaired) electrons. The Morgan fingerprint density at radius 1 is 1.11 bits per heavy atom. The highest BCUT2D eigenvalue weighted by Gasteiger charge is 2.39. The zero-order valence-electron chi connectivity index (χ0n) is 16.0. The molecule has 2 unspecified atom stereocenters. The van der Waals surface area contributed by atoms with E-state index >= 15 is 0 Å². The molecule has 1 amide bonds. The van der Waals surface area contributed by atoms with Gasteiger partial charge in [-0.05, 0) is 29.5 Å². The van der Waals surface area contributed by atoms with Gasteiger partial charge >= 0.3 is 0 Å². The Kier molecular flexibility index (Phi) is 5.18. The maximum atomic E-state index is 13.2. The second-order valence-corrected chi connectivity index (χ2v) is 7.97. The van der Waals surface area contributed by atoms with Gasteiger partial charge < -0.3 is 0 Å². The number of aromatic nitrogens is 3. The van der Waals surface area contributed by atoms with Gasteiger partial charge in [0.2, 0.25) is 11.9 Å². The number of fused-ring (bicyclic) bond motifs is 1.